The van der Waals surface area contributed by atoms with Gasteiger partial charge in [-0.15, -0.1) is 0 Å². The van der Waals surface area contributed by atoms with Crippen LogP contribution in [0.15, 0.2) is 12.1 Å². The summed E-state index contributed by atoms with van der Waals surface area (Å²) in [6, 6.07) is 4.02. The fraction of sp³-hybridized carbons (Fsp3) is 0.538. The Morgan fingerprint density at radius 1 is 1.38 bits per heavy atom. The molecule has 1 aliphatic heterocycles. The number of nitrogens with two attached hydrogens (primary N) is 1. The van der Waals surface area contributed by atoms with E-state index in [0.717, 1.165) is 30.9 Å². The van der Waals surface area contributed by atoms with Gasteiger partial charge in [-0.3, -0.25) is 0 Å². The average Bonchev–Trinajstić information content (AvgIpc) is 2.15. The van der Waals surface area contributed by atoms with E-state index in [0.29, 0.717) is 0 Å². The van der Waals surface area contributed by atoms with E-state index in [2.05, 4.69) is 18.0 Å². The number of likely N-dealkylation sites (N-methyl/N-ethyl adjacent to an activating group) is 1. The van der Waals surface area contributed by atoms with Crippen molar-refractivity contribution in [2.45, 2.75) is 32.9 Å². The first kappa shape index (κ1) is 11.3. The van der Waals surface area contributed by atoms with Crippen LogP contribution in [-0.2, 0) is 13.0 Å². The minimum atomic E-state index is 0.200. The number of ether oxygens (including phenoxy) is 1. The largest absolute Gasteiger partial charge is 0.491 e. The van der Waals surface area contributed by atoms with Crippen LogP contribution in [0, 0.1) is 0 Å². The van der Waals surface area contributed by atoms with Gasteiger partial charge in [-0.1, -0.05) is 0 Å². The predicted octanol–water partition coefficient (Wildman–Crippen LogP) is 2.04. The van der Waals surface area contributed by atoms with Gasteiger partial charge in [0, 0.05) is 30.4 Å². The van der Waals surface area contributed by atoms with E-state index in [1.54, 1.807) is 0 Å². The molecule has 0 fully saturated rings. The molecule has 16 heavy (non-hydrogen) atoms. The molecule has 0 amide bonds. The molecule has 3 nitrogen and oxygen atoms in total. The lowest BCUT2D eigenvalue weighted by atomic mass is 9.98. The molecule has 1 aromatic rings. The van der Waals surface area contributed by atoms with E-state index in [-0.39, 0.29) is 6.10 Å². The highest BCUT2D eigenvalue weighted by Crippen LogP contribution is 2.31. The van der Waals surface area contributed by atoms with Crippen molar-refractivity contribution < 1.29 is 4.74 Å². The molecule has 3 heteroatoms. The van der Waals surface area contributed by atoms with Gasteiger partial charge >= 0.3 is 0 Å². The molecule has 0 radical (unpaired) electrons. The van der Waals surface area contributed by atoms with Crippen molar-refractivity contribution in [3.8, 4) is 5.75 Å². The Labute approximate surface area is 97.2 Å². The maximum absolute atomic E-state index is 5.91. The van der Waals surface area contributed by atoms with Crippen molar-refractivity contribution >= 4 is 5.69 Å². The molecule has 0 aromatic heterocycles. The van der Waals surface area contributed by atoms with Crippen LogP contribution in [0.4, 0.5) is 5.69 Å². The van der Waals surface area contributed by atoms with Crippen molar-refractivity contribution in [3.63, 3.8) is 0 Å². The molecule has 88 valence electrons. The lowest BCUT2D eigenvalue weighted by Crippen LogP contribution is -2.27. The van der Waals surface area contributed by atoms with E-state index in [4.69, 9.17) is 10.5 Å². The second-order valence-corrected chi connectivity index (χ2v) is 4.81. The third-order valence-corrected chi connectivity index (χ3v) is 2.87. The van der Waals surface area contributed by atoms with Gasteiger partial charge in [0.2, 0.25) is 0 Å². The highest BCUT2D eigenvalue weighted by molar-refractivity contribution is 5.54. The van der Waals surface area contributed by atoms with Crippen LogP contribution in [0.5, 0.6) is 5.75 Å². The number of nitrogen functional groups attached to an aromatic ring is 1. The zero-order valence-corrected chi connectivity index (χ0v) is 10.3. The van der Waals surface area contributed by atoms with Gasteiger partial charge < -0.3 is 15.4 Å². The maximum atomic E-state index is 5.91. The zero-order chi connectivity index (χ0) is 11.7. The van der Waals surface area contributed by atoms with Crippen LogP contribution in [0.3, 0.4) is 0 Å². The van der Waals surface area contributed by atoms with Gasteiger partial charge in [0.15, 0.2) is 0 Å². The molecule has 2 N–H and O–H groups in total. The Kier molecular flexibility index (Phi) is 3.06. The minimum absolute atomic E-state index is 0.200. The van der Waals surface area contributed by atoms with Crippen molar-refractivity contribution in [3.05, 3.63) is 23.3 Å². The van der Waals surface area contributed by atoms with Gasteiger partial charge in [-0.25, -0.2) is 0 Å². The summed E-state index contributed by atoms with van der Waals surface area (Å²) in [6.45, 7) is 6.15. The van der Waals surface area contributed by atoms with E-state index in [1.807, 2.05) is 19.9 Å². The summed E-state index contributed by atoms with van der Waals surface area (Å²) in [7, 11) is 2.13. The number of hydrogen-bond acceptors (Lipinski definition) is 3. The Bertz CT molecular complexity index is 388. The topological polar surface area (TPSA) is 38.5 Å². The zero-order valence-electron chi connectivity index (χ0n) is 10.3. The monoisotopic (exact) mass is 220 g/mol. The van der Waals surface area contributed by atoms with Crippen molar-refractivity contribution in [2.24, 2.45) is 0 Å². The van der Waals surface area contributed by atoms with Crippen LogP contribution in [0.1, 0.15) is 25.0 Å². The third kappa shape index (κ3) is 2.30. The summed E-state index contributed by atoms with van der Waals surface area (Å²) in [5, 5.41) is 0. The number of fused-ring (bicyclic) bond motifs is 1. The van der Waals surface area contributed by atoms with Crippen LogP contribution < -0.4 is 10.5 Å². The van der Waals surface area contributed by atoms with Gasteiger partial charge in [0.05, 0.1) is 6.10 Å². The van der Waals surface area contributed by atoms with Crippen molar-refractivity contribution in [1.29, 1.82) is 0 Å². The van der Waals surface area contributed by atoms with E-state index in [1.165, 1.54) is 11.1 Å². The summed E-state index contributed by atoms with van der Waals surface area (Å²) < 4.78 is 5.83. The van der Waals surface area contributed by atoms with E-state index in [9.17, 15) is 0 Å². The molecule has 1 heterocycles. The van der Waals surface area contributed by atoms with Gasteiger partial charge in [-0.2, -0.15) is 0 Å². The van der Waals surface area contributed by atoms with Gasteiger partial charge in [0.1, 0.15) is 5.75 Å². The second kappa shape index (κ2) is 4.34. The smallest absolute Gasteiger partial charge is 0.125 e. The second-order valence-electron chi connectivity index (χ2n) is 4.81. The van der Waals surface area contributed by atoms with Crippen LogP contribution in [0.2, 0.25) is 0 Å². The van der Waals surface area contributed by atoms with E-state index < -0.39 is 0 Å². The van der Waals surface area contributed by atoms with Crippen molar-refractivity contribution in [2.75, 3.05) is 19.3 Å². The Hall–Kier alpha value is -1.22. The molecular formula is C13H20N2O. The number of benzene rings is 1. The first-order chi connectivity index (χ1) is 7.56. The predicted molar refractivity (Wildman–Crippen MR) is 66.7 cm³/mol. The average molecular weight is 220 g/mol. The van der Waals surface area contributed by atoms with Gasteiger partial charge in [-0.05, 0) is 38.9 Å². The number of rotatable bonds is 2. The van der Waals surface area contributed by atoms with Crippen molar-refractivity contribution in [1.82, 2.24) is 4.90 Å². The Balaban J connectivity index is 2.37. The molecular weight excluding hydrogens is 200 g/mol. The first-order valence-corrected chi connectivity index (χ1v) is 5.82. The molecule has 1 aromatic carbocycles. The fourth-order valence-electron chi connectivity index (χ4n) is 2.18. The Morgan fingerprint density at radius 2 is 2.12 bits per heavy atom. The highest BCUT2D eigenvalue weighted by atomic mass is 16.5. The highest BCUT2D eigenvalue weighted by Gasteiger charge is 2.18. The third-order valence-electron chi connectivity index (χ3n) is 2.87. The molecule has 1 aliphatic rings. The molecule has 0 bridgehead atoms. The summed E-state index contributed by atoms with van der Waals surface area (Å²) in [5.41, 5.74) is 9.35. The number of nitrogens with zero attached hydrogens (tertiary/aromatic N) is 1. The maximum Gasteiger partial charge on any atom is 0.125 e. The lowest BCUT2D eigenvalue weighted by molar-refractivity contribution is 0.234. The molecule has 0 unspecified atom stereocenters. The molecule has 0 atom stereocenters. The van der Waals surface area contributed by atoms with Crippen LogP contribution >= 0.6 is 0 Å². The number of hydrogen-bond donors (Lipinski definition) is 1. The summed E-state index contributed by atoms with van der Waals surface area (Å²) in [4.78, 5) is 2.31. The summed E-state index contributed by atoms with van der Waals surface area (Å²) in [5.74, 6) is 0.970. The lowest BCUT2D eigenvalue weighted by Gasteiger charge is -2.27. The number of anilines is 1. The quantitative estimate of drug-likeness (QED) is 0.775. The summed E-state index contributed by atoms with van der Waals surface area (Å²) in [6.07, 6.45) is 1.25. The Morgan fingerprint density at radius 3 is 2.81 bits per heavy atom. The normalized spacial score (nSPS) is 16.2. The first-order valence-electron chi connectivity index (χ1n) is 5.82. The summed E-state index contributed by atoms with van der Waals surface area (Å²) >= 11 is 0. The minimum Gasteiger partial charge on any atom is -0.491 e. The van der Waals surface area contributed by atoms with Crippen LogP contribution in [0.25, 0.3) is 0 Å². The van der Waals surface area contributed by atoms with Crippen LogP contribution in [-0.4, -0.2) is 24.6 Å². The standard InChI is InChI=1S/C13H20N2O/c1-9(2)16-13-7-11(14)6-10-8-15(3)5-4-12(10)13/h6-7,9H,4-5,8,14H2,1-3H3. The molecule has 2 rings (SSSR count). The fourth-order valence-corrected chi connectivity index (χ4v) is 2.18. The molecule has 0 saturated carbocycles. The van der Waals surface area contributed by atoms with E-state index >= 15 is 0 Å². The molecule has 0 aliphatic carbocycles. The molecule has 0 spiro atoms. The SMILES string of the molecule is CC(C)Oc1cc(N)cc2c1CCN(C)C2. The molecule has 0 saturated heterocycles. The van der Waals surface area contributed by atoms with Gasteiger partial charge in [0.25, 0.3) is 0 Å².